The van der Waals surface area contributed by atoms with Gasteiger partial charge in [-0.2, -0.15) is 0 Å². The maximum absolute atomic E-state index is 13.0. The Kier molecular flexibility index (Phi) is 6.27. The number of amides is 1. The largest absolute Gasteiger partial charge is 0.322 e. The van der Waals surface area contributed by atoms with E-state index >= 15 is 0 Å². The molecular weight excluding hydrogens is 484 g/mol. The lowest BCUT2D eigenvalue weighted by Crippen LogP contribution is -2.13. The van der Waals surface area contributed by atoms with Gasteiger partial charge in [0.05, 0.1) is 10.5 Å². The maximum Gasteiger partial charge on any atom is 0.257 e. The molecule has 3 heterocycles. The van der Waals surface area contributed by atoms with Crippen molar-refractivity contribution in [2.45, 2.75) is 18.7 Å². The van der Waals surface area contributed by atoms with Gasteiger partial charge in [-0.1, -0.05) is 12.1 Å². The quantitative estimate of drug-likeness (QED) is 0.322. The molecule has 0 unspecified atom stereocenters. The summed E-state index contributed by atoms with van der Waals surface area (Å²) in [6.07, 6.45) is 6.94. The number of hydrogen-bond acceptors (Lipinski definition) is 4. The summed E-state index contributed by atoms with van der Waals surface area (Å²) < 4.78 is 27.3. The summed E-state index contributed by atoms with van der Waals surface area (Å²) in [7, 11) is -3.29. The Morgan fingerprint density at radius 1 is 0.865 bits per heavy atom. The number of hydrogen-bond donors (Lipinski definition) is 1. The smallest absolute Gasteiger partial charge is 0.257 e. The van der Waals surface area contributed by atoms with Crippen LogP contribution in [0.1, 0.15) is 21.7 Å². The van der Waals surface area contributed by atoms with E-state index in [2.05, 4.69) is 16.4 Å². The summed E-state index contributed by atoms with van der Waals surface area (Å²) in [5, 5.41) is 2.86. The van der Waals surface area contributed by atoms with Gasteiger partial charge in [-0.15, -0.1) is 0 Å². The highest BCUT2D eigenvalue weighted by molar-refractivity contribution is 7.90. The fourth-order valence-corrected chi connectivity index (χ4v) is 5.00. The molecule has 8 heteroatoms. The van der Waals surface area contributed by atoms with Crippen LogP contribution in [0, 0.1) is 13.8 Å². The minimum absolute atomic E-state index is 0.208. The summed E-state index contributed by atoms with van der Waals surface area (Å²) in [5.74, 6) is 0.609. The fourth-order valence-electron chi connectivity index (χ4n) is 4.37. The summed E-state index contributed by atoms with van der Waals surface area (Å²) in [6, 6.07) is 24.1. The predicted octanol–water partition coefficient (Wildman–Crippen LogP) is 5.60. The number of aromatic nitrogens is 3. The standard InChI is InChI=1S/C29H26N4O3S/c1-20-18-27(29(34)31-24-9-13-26(14-10-24)37(3,35)36)21(2)33(20)25-11-6-22(7-12-25)23-8-15-28(30-19-23)32-16-4-5-17-32/h4-19H,1-3H3,(H,31,34). The molecular formula is C29H26N4O3S. The van der Waals surface area contributed by atoms with Crippen molar-refractivity contribution in [1.29, 1.82) is 0 Å². The SMILES string of the molecule is Cc1cc(C(=O)Nc2ccc(S(C)(=O)=O)cc2)c(C)n1-c1ccc(-c2ccc(-n3cccc3)nc2)cc1. The molecule has 0 fully saturated rings. The van der Waals surface area contributed by atoms with Crippen LogP contribution in [0.15, 0.2) is 102 Å². The number of nitrogens with one attached hydrogen (secondary N) is 1. The number of pyridine rings is 1. The van der Waals surface area contributed by atoms with Gasteiger partial charge in [-0.05, 0) is 86.1 Å². The van der Waals surface area contributed by atoms with Crippen LogP contribution in [0.5, 0.6) is 0 Å². The summed E-state index contributed by atoms with van der Waals surface area (Å²) in [4.78, 5) is 17.8. The van der Waals surface area contributed by atoms with Crippen LogP contribution in [0.25, 0.3) is 22.6 Å². The van der Waals surface area contributed by atoms with E-state index in [0.717, 1.165) is 40.3 Å². The van der Waals surface area contributed by atoms with E-state index in [1.807, 2.05) is 90.1 Å². The van der Waals surface area contributed by atoms with Gasteiger partial charge in [0, 0.05) is 53.2 Å². The number of anilines is 1. The molecule has 1 N–H and O–H groups in total. The molecule has 0 aliphatic rings. The van der Waals surface area contributed by atoms with Crippen molar-refractivity contribution in [2.75, 3.05) is 11.6 Å². The molecule has 2 aromatic carbocycles. The molecule has 186 valence electrons. The Bertz CT molecular complexity index is 1670. The van der Waals surface area contributed by atoms with Crippen LogP contribution >= 0.6 is 0 Å². The molecule has 0 saturated carbocycles. The van der Waals surface area contributed by atoms with Gasteiger partial charge in [-0.25, -0.2) is 13.4 Å². The van der Waals surface area contributed by atoms with Crippen molar-refractivity contribution in [1.82, 2.24) is 14.1 Å². The second kappa shape index (κ2) is 9.55. The van der Waals surface area contributed by atoms with Crippen LogP contribution in [-0.2, 0) is 9.84 Å². The molecule has 0 radical (unpaired) electrons. The zero-order chi connectivity index (χ0) is 26.2. The van der Waals surface area contributed by atoms with Crippen LogP contribution in [0.2, 0.25) is 0 Å². The first-order valence-electron chi connectivity index (χ1n) is 11.7. The molecule has 37 heavy (non-hydrogen) atoms. The lowest BCUT2D eigenvalue weighted by Gasteiger charge is -2.12. The van der Waals surface area contributed by atoms with Gasteiger partial charge in [0.2, 0.25) is 0 Å². The van der Waals surface area contributed by atoms with Crippen molar-refractivity contribution < 1.29 is 13.2 Å². The number of aryl methyl sites for hydroxylation is 1. The normalized spacial score (nSPS) is 11.4. The third kappa shape index (κ3) is 4.96. The zero-order valence-electron chi connectivity index (χ0n) is 20.7. The number of rotatable bonds is 6. The van der Waals surface area contributed by atoms with Gasteiger partial charge >= 0.3 is 0 Å². The average molecular weight is 511 g/mol. The van der Waals surface area contributed by atoms with Crippen LogP contribution in [0.3, 0.4) is 0 Å². The third-order valence-electron chi connectivity index (χ3n) is 6.29. The molecule has 0 atom stereocenters. The molecule has 0 aliphatic heterocycles. The van der Waals surface area contributed by atoms with E-state index in [4.69, 9.17) is 0 Å². The first kappa shape index (κ1) is 24.3. The molecule has 5 rings (SSSR count). The molecule has 0 aliphatic carbocycles. The van der Waals surface area contributed by atoms with Crippen molar-refractivity contribution in [3.05, 3.63) is 114 Å². The molecule has 0 spiro atoms. The number of sulfone groups is 1. The summed E-state index contributed by atoms with van der Waals surface area (Å²) >= 11 is 0. The summed E-state index contributed by atoms with van der Waals surface area (Å²) in [5.41, 5.74) is 5.85. The molecule has 3 aromatic heterocycles. The second-order valence-electron chi connectivity index (χ2n) is 8.91. The number of carbonyl (C=O) groups excluding carboxylic acids is 1. The fraction of sp³-hybridized carbons (Fsp3) is 0.103. The summed E-state index contributed by atoms with van der Waals surface area (Å²) in [6.45, 7) is 3.87. The second-order valence-corrected chi connectivity index (χ2v) is 10.9. The highest BCUT2D eigenvalue weighted by Crippen LogP contribution is 2.26. The van der Waals surface area contributed by atoms with Gasteiger partial charge in [0.25, 0.3) is 5.91 Å². The monoisotopic (exact) mass is 510 g/mol. The Morgan fingerprint density at radius 3 is 2.11 bits per heavy atom. The van der Waals surface area contributed by atoms with Gasteiger partial charge in [-0.3, -0.25) is 4.79 Å². The van der Waals surface area contributed by atoms with E-state index in [1.165, 1.54) is 12.1 Å². The average Bonchev–Trinajstić information content (AvgIpc) is 3.52. The van der Waals surface area contributed by atoms with Crippen molar-refractivity contribution in [3.63, 3.8) is 0 Å². The number of benzene rings is 2. The molecule has 7 nitrogen and oxygen atoms in total. The highest BCUT2D eigenvalue weighted by atomic mass is 32.2. The Balaban J connectivity index is 1.35. The molecule has 1 amide bonds. The predicted molar refractivity (Wildman–Crippen MR) is 145 cm³/mol. The first-order chi connectivity index (χ1) is 17.7. The third-order valence-corrected chi connectivity index (χ3v) is 7.42. The number of nitrogens with zero attached hydrogens (tertiary/aromatic N) is 3. The first-order valence-corrected chi connectivity index (χ1v) is 13.6. The van der Waals surface area contributed by atoms with Crippen molar-refractivity contribution >= 4 is 21.4 Å². The van der Waals surface area contributed by atoms with E-state index in [1.54, 1.807) is 12.1 Å². The molecule has 0 bridgehead atoms. The molecule has 5 aromatic rings. The number of carbonyl (C=O) groups is 1. The lowest BCUT2D eigenvalue weighted by molar-refractivity contribution is 0.102. The topological polar surface area (TPSA) is 86.0 Å². The maximum atomic E-state index is 13.0. The lowest BCUT2D eigenvalue weighted by atomic mass is 10.1. The minimum atomic E-state index is -3.29. The van der Waals surface area contributed by atoms with Crippen LogP contribution in [-0.4, -0.2) is 34.7 Å². The van der Waals surface area contributed by atoms with E-state index < -0.39 is 9.84 Å². The van der Waals surface area contributed by atoms with Crippen molar-refractivity contribution in [3.8, 4) is 22.6 Å². The van der Waals surface area contributed by atoms with E-state index in [0.29, 0.717) is 11.3 Å². The zero-order valence-corrected chi connectivity index (χ0v) is 21.5. The Hall–Kier alpha value is -4.43. The van der Waals surface area contributed by atoms with Gasteiger partial charge in [0.1, 0.15) is 5.82 Å². The Morgan fingerprint density at radius 2 is 1.51 bits per heavy atom. The van der Waals surface area contributed by atoms with Gasteiger partial charge < -0.3 is 14.5 Å². The van der Waals surface area contributed by atoms with Crippen LogP contribution in [0.4, 0.5) is 5.69 Å². The van der Waals surface area contributed by atoms with Crippen molar-refractivity contribution in [2.24, 2.45) is 0 Å². The van der Waals surface area contributed by atoms with E-state index in [9.17, 15) is 13.2 Å². The minimum Gasteiger partial charge on any atom is -0.322 e. The van der Waals surface area contributed by atoms with Crippen LogP contribution < -0.4 is 5.32 Å². The molecule has 0 saturated heterocycles. The van der Waals surface area contributed by atoms with Gasteiger partial charge in [0.15, 0.2) is 9.84 Å². The highest BCUT2D eigenvalue weighted by Gasteiger charge is 2.17. The Labute approximate surface area is 216 Å². The van der Waals surface area contributed by atoms with E-state index in [-0.39, 0.29) is 10.8 Å².